The van der Waals surface area contributed by atoms with E-state index in [0.717, 1.165) is 44.4 Å². The molecule has 0 spiro atoms. The third-order valence-electron chi connectivity index (χ3n) is 6.16. The van der Waals surface area contributed by atoms with Crippen LogP contribution in [0.25, 0.3) is 27.7 Å². The molecule has 0 unspecified atom stereocenters. The molecule has 1 N–H and O–H groups in total. The normalized spacial score (nSPS) is 11.7. The lowest BCUT2D eigenvalue weighted by atomic mass is 9.94. The van der Waals surface area contributed by atoms with Crippen molar-refractivity contribution in [2.45, 2.75) is 41.2 Å². The fourth-order valence-electron chi connectivity index (χ4n) is 4.38. The van der Waals surface area contributed by atoms with Crippen LogP contribution in [-0.2, 0) is 11.3 Å². The van der Waals surface area contributed by atoms with E-state index in [0.29, 0.717) is 18.9 Å². The summed E-state index contributed by atoms with van der Waals surface area (Å²) in [6, 6.07) is 14.5. The van der Waals surface area contributed by atoms with Crippen LogP contribution in [0, 0.1) is 26.6 Å². The van der Waals surface area contributed by atoms with E-state index in [-0.39, 0.29) is 11.7 Å². The highest BCUT2D eigenvalue weighted by Crippen LogP contribution is 2.41. The van der Waals surface area contributed by atoms with Crippen molar-refractivity contribution in [3.63, 3.8) is 0 Å². The Labute approximate surface area is 205 Å². The molecule has 1 heterocycles. The second-order valence-corrected chi connectivity index (χ2v) is 8.83. The molecular formula is C30H30FNO3. The first-order chi connectivity index (χ1) is 16.8. The second-order valence-electron chi connectivity index (χ2n) is 8.83. The molecule has 1 aromatic heterocycles. The molecular weight excluding hydrogens is 441 g/mol. The number of rotatable bonds is 7. The van der Waals surface area contributed by atoms with Crippen LogP contribution in [0.4, 0.5) is 4.39 Å². The number of hydrogen-bond donors (Lipinski definition) is 1. The molecule has 4 aromatic rings. The maximum Gasteiger partial charge on any atom is 0.244 e. The quantitative estimate of drug-likeness (QED) is 0.288. The zero-order chi connectivity index (χ0) is 25.1. The lowest BCUT2D eigenvalue weighted by molar-refractivity contribution is -0.116. The summed E-state index contributed by atoms with van der Waals surface area (Å²) in [6.07, 6.45) is 3.37. The number of hydrogen-bond acceptors (Lipinski definition) is 3. The van der Waals surface area contributed by atoms with E-state index < -0.39 is 0 Å². The van der Waals surface area contributed by atoms with Gasteiger partial charge in [-0.2, -0.15) is 0 Å². The first kappa shape index (κ1) is 24.3. The van der Waals surface area contributed by atoms with Crippen LogP contribution in [-0.4, -0.2) is 12.5 Å². The molecule has 5 heteroatoms. The van der Waals surface area contributed by atoms with Crippen LogP contribution >= 0.6 is 0 Å². The van der Waals surface area contributed by atoms with E-state index >= 15 is 0 Å². The van der Waals surface area contributed by atoms with Crippen molar-refractivity contribution in [2.24, 2.45) is 0 Å². The molecule has 0 radical (unpaired) electrons. The summed E-state index contributed by atoms with van der Waals surface area (Å²) in [5.41, 5.74) is 8.64. The number of allylic oxidation sites excluding steroid dienone is 1. The maximum absolute atomic E-state index is 13.1. The molecule has 1 amide bonds. The van der Waals surface area contributed by atoms with E-state index in [1.807, 2.05) is 26.8 Å². The third kappa shape index (κ3) is 5.14. The molecule has 4 rings (SSSR count). The Bertz CT molecular complexity index is 1410. The summed E-state index contributed by atoms with van der Waals surface area (Å²) in [5, 5.41) is 3.85. The van der Waals surface area contributed by atoms with Crippen molar-refractivity contribution >= 4 is 22.4 Å². The van der Waals surface area contributed by atoms with Gasteiger partial charge in [0.25, 0.3) is 0 Å². The predicted octanol–water partition coefficient (Wildman–Crippen LogP) is 7.28. The van der Waals surface area contributed by atoms with Gasteiger partial charge in [0.1, 0.15) is 17.1 Å². The molecule has 0 aliphatic carbocycles. The lowest BCUT2D eigenvalue weighted by Crippen LogP contribution is -2.20. The van der Waals surface area contributed by atoms with Crippen LogP contribution in [0.3, 0.4) is 0 Å². The minimum absolute atomic E-state index is 0.228. The molecule has 0 saturated carbocycles. The van der Waals surface area contributed by atoms with Gasteiger partial charge < -0.3 is 14.5 Å². The topological polar surface area (TPSA) is 51.5 Å². The van der Waals surface area contributed by atoms with Gasteiger partial charge in [-0.25, -0.2) is 4.39 Å². The average Bonchev–Trinajstić information content (AvgIpc) is 3.24. The zero-order valence-electron chi connectivity index (χ0n) is 20.8. The van der Waals surface area contributed by atoms with Gasteiger partial charge >= 0.3 is 0 Å². The fourth-order valence-corrected chi connectivity index (χ4v) is 4.38. The standard InChI is InChI=1S/C30H30FNO3/c1-6-34-29-21(5)30-26(27(17-35-30)24-12-7-18(2)13-19(24)3)15-25(29)20(4)14-28(33)32-16-22-8-10-23(31)11-9-22/h7-15,17H,6,16H2,1-5H3,(H,32,33)/b20-14+. The van der Waals surface area contributed by atoms with Crippen LogP contribution in [0.1, 0.15) is 41.7 Å². The number of nitrogens with one attached hydrogen (secondary N) is 1. The second kappa shape index (κ2) is 10.2. The highest BCUT2D eigenvalue weighted by Gasteiger charge is 2.20. The van der Waals surface area contributed by atoms with Gasteiger partial charge in [0.05, 0.1) is 12.9 Å². The van der Waals surface area contributed by atoms with Gasteiger partial charge in [-0.3, -0.25) is 4.79 Å². The molecule has 0 aliphatic heterocycles. The highest BCUT2D eigenvalue weighted by atomic mass is 19.1. The van der Waals surface area contributed by atoms with E-state index in [2.05, 4.69) is 37.4 Å². The maximum atomic E-state index is 13.1. The van der Waals surface area contributed by atoms with Crippen molar-refractivity contribution < 1.29 is 18.3 Å². The Balaban J connectivity index is 1.72. The number of furan rings is 1. The summed E-state index contributed by atoms with van der Waals surface area (Å²) in [4.78, 5) is 12.7. The number of ether oxygens (including phenoxy) is 1. The summed E-state index contributed by atoms with van der Waals surface area (Å²) < 4.78 is 25.1. The number of amides is 1. The third-order valence-corrected chi connectivity index (χ3v) is 6.16. The van der Waals surface area contributed by atoms with Gasteiger partial charge in [0.2, 0.25) is 5.91 Å². The van der Waals surface area contributed by atoms with Gasteiger partial charge in [-0.15, -0.1) is 0 Å². The molecule has 180 valence electrons. The zero-order valence-corrected chi connectivity index (χ0v) is 20.8. The monoisotopic (exact) mass is 471 g/mol. The summed E-state index contributed by atoms with van der Waals surface area (Å²) >= 11 is 0. The van der Waals surface area contributed by atoms with E-state index in [9.17, 15) is 9.18 Å². The Morgan fingerprint density at radius 2 is 1.80 bits per heavy atom. The Hall–Kier alpha value is -3.86. The van der Waals surface area contributed by atoms with Crippen LogP contribution in [0.5, 0.6) is 5.75 Å². The van der Waals surface area contributed by atoms with E-state index in [4.69, 9.17) is 9.15 Å². The smallest absolute Gasteiger partial charge is 0.244 e. The summed E-state index contributed by atoms with van der Waals surface area (Å²) in [7, 11) is 0. The molecule has 0 bridgehead atoms. The van der Waals surface area contributed by atoms with E-state index in [1.54, 1.807) is 24.5 Å². The minimum Gasteiger partial charge on any atom is -0.493 e. The molecule has 0 atom stereocenters. The largest absolute Gasteiger partial charge is 0.493 e. The SMILES string of the molecule is CCOc1c(/C(C)=C/C(=O)NCc2ccc(F)cc2)cc2c(-c3ccc(C)cc3C)coc2c1C. The van der Waals surface area contributed by atoms with Gasteiger partial charge in [0, 0.05) is 34.7 Å². The van der Waals surface area contributed by atoms with Gasteiger partial charge in [0.15, 0.2) is 0 Å². The van der Waals surface area contributed by atoms with Crippen LogP contribution in [0.2, 0.25) is 0 Å². The molecule has 0 aliphatic rings. The number of benzene rings is 3. The van der Waals surface area contributed by atoms with E-state index in [1.165, 1.54) is 23.3 Å². The predicted molar refractivity (Wildman–Crippen MR) is 139 cm³/mol. The fraction of sp³-hybridized carbons (Fsp3) is 0.233. The number of aryl methyl sites for hydroxylation is 3. The molecule has 35 heavy (non-hydrogen) atoms. The summed E-state index contributed by atoms with van der Waals surface area (Å²) in [6.45, 7) is 10.8. The Kier molecular flexibility index (Phi) is 7.06. The molecule has 4 nitrogen and oxygen atoms in total. The Morgan fingerprint density at radius 3 is 2.49 bits per heavy atom. The van der Waals surface area contributed by atoms with Gasteiger partial charge in [-0.1, -0.05) is 35.9 Å². The van der Waals surface area contributed by atoms with Gasteiger partial charge in [-0.05, 0) is 75.1 Å². The molecule has 3 aromatic carbocycles. The van der Waals surface area contributed by atoms with Crippen molar-refractivity contribution in [2.75, 3.05) is 6.61 Å². The first-order valence-corrected chi connectivity index (χ1v) is 11.7. The van der Waals surface area contributed by atoms with Crippen molar-refractivity contribution in [3.05, 3.63) is 94.5 Å². The molecule has 0 saturated heterocycles. The number of carbonyl (C=O) groups excluding carboxylic acids is 1. The van der Waals surface area contributed by atoms with Crippen molar-refractivity contribution in [1.82, 2.24) is 5.32 Å². The highest BCUT2D eigenvalue weighted by molar-refractivity contribution is 6.02. The lowest BCUT2D eigenvalue weighted by Gasteiger charge is -2.15. The summed E-state index contributed by atoms with van der Waals surface area (Å²) in [5.74, 6) is 0.180. The number of halogens is 1. The van der Waals surface area contributed by atoms with Crippen LogP contribution in [0.15, 0.2) is 65.3 Å². The molecule has 0 fully saturated rings. The average molecular weight is 472 g/mol. The minimum atomic E-state index is -0.301. The number of carbonyl (C=O) groups is 1. The van der Waals surface area contributed by atoms with Crippen molar-refractivity contribution in [3.8, 4) is 16.9 Å². The Morgan fingerprint density at radius 1 is 1.06 bits per heavy atom. The first-order valence-electron chi connectivity index (χ1n) is 11.7. The van der Waals surface area contributed by atoms with Crippen molar-refractivity contribution in [1.29, 1.82) is 0 Å². The number of fused-ring (bicyclic) bond motifs is 1. The van der Waals surface area contributed by atoms with Crippen LogP contribution < -0.4 is 10.1 Å².